The maximum Gasteiger partial charge on any atom is 0.293 e. The van der Waals surface area contributed by atoms with Crippen molar-refractivity contribution in [3.05, 3.63) is 78.0 Å². The van der Waals surface area contributed by atoms with Gasteiger partial charge in [-0.05, 0) is 60.9 Å². The molecule has 0 saturated heterocycles. The van der Waals surface area contributed by atoms with Gasteiger partial charge in [-0.2, -0.15) is 0 Å². The van der Waals surface area contributed by atoms with Gasteiger partial charge in [0.05, 0.1) is 6.26 Å². The zero-order chi connectivity index (χ0) is 19.7. The molecule has 2 aromatic carbocycles. The lowest BCUT2D eigenvalue weighted by Gasteiger charge is -2.29. The lowest BCUT2D eigenvalue weighted by atomic mass is 10.0. The number of nitrogens with one attached hydrogen (secondary N) is 1. The van der Waals surface area contributed by atoms with Crippen LogP contribution in [0.25, 0.3) is 0 Å². The van der Waals surface area contributed by atoms with E-state index in [0.717, 1.165) is 18.1 Å². The zero-order valence-electron chi connectivity index (χ0n) is 14.8. The molecule has 3 aromatic rings. The quantitative estimate of drug-likeness (QED) is 0.722. The summed E-state index contributed by atoms with van der Waals surface area (Å²) in [6, 6.07) is 13.4. The van der Waals surface area contributed by atoms with Gasteiger partial charge in [0.15, 0.2) is 5.76 Å². The van der Waals surface area contributed by atoms with E-state index in [1.54, 1.807) is 35.2 Å². The van der Waals surface area contributed by atoms with Gasteiger partial charge < -0.3 is 9.32 Å². The van der Waals surface area contributed by atoms with Crippen LogP contribution in [0.4, 0.5) is 15.8 Å². The van der Waals surface area contributed by atoms with E-state index >= 15 is 0 Å². The van der Waals surface area contributed by atoms with Crippen molar-refractivity contribution in [1.82, 2.24) is 0 Å². The fraction of sp³-hybridized carbons (Fsp3) is 0.150. The molecular weight excluding hydrogens is 383 g/mol. The molecule has 1 aliphatic rings. The Kier molecular flexibility index (Phi) is 4.64. The molecule has 0 bridgehead atoms. The van der Waals surface area contributed by atoms with Crippen LogP contribution in [0, 0.1) is 5.82 Å². The first-order valence-corrected chi connectivity index (χ1v) is 10.2. The number of hydrogen-bond donors (Lipinski definition) is 1. The molecule has 8 heteroatoms. The Balaban J connectivity index is 1.62. The number of fused-ring (bicyclic) bond motifs is 1. The van der Waals surface area contributed by atoms with E-state index in [9.17, 15) is 17.6 Å². The number of halogens is 1. The summed E-state index contributed by atoms with van der Waals surface area (Å²) < 4.78 is 46.4. The number of anilines is 2. The molecule has 6 nitrogen and oxygen atoms in total. The van der Waals surface area contributed by atoms with E-state index in [1.165, 1.54) is 24.5 Å². The Bertz CT molecular complexity index is 1130. The SMILES string of the molecule is O=C(c1ccco1)N1CCCc2cc(NS(=O)(=O)c3ccccc3F)ccc21. The highest BCUT2D eigenvalue weighted by molar-refractivity contribution is 7.92. The molecule has 0 fully saturated rings. The predicted molar refractivity (Wildman–Crippen MR) is 102 cm³/mol. The van der Waals surface area contributed by atoms with Crippen molar-refractivity contribution in [1.29, 1.82) is 0 Å². The highest BCUT2D eigenvalue weighted by atomic mass is 32.2. The molecule has 0 saturated carbocycles. The van der Waals surface area contributed by atoms with Crippen molar-refractivity contribution in [3.63, 3.8) is 0 Å². The first-order chi connectivity index (χ1) is 13.5. The summed E-state index contributed by atoms with van der Waals surface area (Å²) in [5.41, 5.74) is 1.86. The monoisotopic (exact) mass is 400 g/mol. The Morgan fingerprint density at radius 3 is 2.68 bits per heavy atom. The average Bonchev–Trinajstić information content (AvgIpc) is 3.21. The van der Waals surface area contributed by atoms with Gasteiger partial charge in [0, 0.05) is 17.9 Å². The molecule has 4 rings (SSSR count). The van der Waals surface area contributed by atoms with Crippen LogP contribution >= 0.6 is 0 Å². The topological polar surface area (TPSA) is 79.6 Å². The Morgan fingerprint density at radius 1 is 1.11 bits per heavy atom. The van der Waals surface area contributed by atoms with E-state index in [2.05, 4.69) is 4.72 Å². The number of sulfonamides is 1. The second-order valence-corrected chi connectivity index (χ2v) is 8.07. The minimum atomic E-state index is -4.06. The molecule has 1 aromatic heterocycles. The third-order valence-electron chi connectivity index (χ3n) is 4.55. The van der Waals surface area contributed by atoms with Crippen LogP contribution in [0.2, 0.25) is 0 Å². The van der Waals surface area contributed by atoms with Crippen molar-refractivity contribution in [2.45, 2.75) is 17.7 Å². The molecule has 144 valence electrons. The molecular formula is C20H17FN2O4S. The number of aryl methyl sites for hydroxylation is 1. The molecule has 28 heavy (non-hydrogen) atoms. The Morgan fingerprint density at radius 2 is 1.93 bits per heavy atom. The fourth-order valence-corrected chi connectivity index (χ4v) is 4.41. The predicted octanol–water partition coefficient (Wildman–Crippen LogP) is 3.81. The average molecular weight is 400 g/mol. The van der Waals surface area contributed by atoms with Gasteiger partial charge in [-0.3, -0.25) is 9.52 Å². The van der Waals surface area contributed by atoms with Crippen LogP contribution in [-0.2, 0) is 16.4 Å². The largest absolute Gasteiger partial charge is 0.459 e. The molecule has 1 N–H and O–H groups in total. The second-order valence-electron chi connectivity index (χ2n) is 6.42. The number of benzene rings is 2. The highest BCUT2D eigenvalue weighted by Crippen LogP contribution is 2.31. The van der Waals surface area contributed by atoms with Crippen molar-refractivity contribution in [2.75, 3.05) is 16.2 Å². The molecule has 1 aliphatic heterocycles. The minimum Gasteiger partial charge on any atom is -0.459 e. The van der Waals surface area contributed by atoms with Crippen molar-refractivity contribution in [3.8, 4) is 0 Å². The van der Waals surface area contributed by atoms with Crippen LogP contribution in [0.3, 0.4) is 0 Å². The van der Waals surface area contributed by atoms with Crippen LogP contribution in [-0.4, -0.2) is 20.9 Å². The minimum absolute atomic E-state index is 0.245. The Labute approximate surface area is 161 Å². The van der Waals surface area contributed by atoms with Gasteiger partial charge >= 0.3 is 0 Å². The number of carbonyl (C=O) groups is 1. The third kappa shape index (κ3) is 3.38. The van der Waals surface area contributed by atoms with E-state index < -0.39 is 20.7 Å². The molecule has 0 atom stereocenters. The van der Waals surface area contributed by atoms with Gasteiger partial charge in [0.25, 0.3) is 15.9 Å². The summed E-state index contributed by atoms with van der Waals surface area (Å²) in [6.45, 7) is 0.548. The van der Waals surface area contributed by atoms with E-state index in [0.29, 0.717) is 24.3 Å². The summed E-state index contributed by atoms with van der Waals surface area (Å²) in [4.78, 5) is 13.8. The van der Waals surface area contributed by atoms with Crippen LogP contribution in [0.5, 0.6) is 0 Å². The normalized spacial score (nSPS) is 13.8. The standard InChI is InChI=1S/C20H17FN2O4S/c21-16-6-1-2-8-19(16)28(25,26)22-15-9-10-17-14(13-15)5-3-11-23(17)20(24)18-7-4-12-27-18/h1-2,4,6-10,12-13,22H,3,5,11H2. The van der Waals surface area contributed by atoms with Gasteiger partial charge in [-0.1, -0.05) is 12.1 Å². The number of amides is 1. The van der Waals surface area contributed by atoms with Gasteiger partial charge in [-0.15, -0.1) is 0 Å². The van der Waals surface area contributed by atoms with Crippen molar-refractivity contribution >= 4 is 27.3 Å². The number of carbonyl (C=O) groups excluding carboxylic acids is 1. The summed E-state index contributed by atoms with van der Waals surface area (Å²) >= 11 is 0. The lowest BCUT2D eigenvalue weighted by Crippen LogP contribution is -2.35. The maximum absolute atomic E-state index is 13.9. The fourth-order valence-electron chi connectivity index (χ4n) is 3.28. The first-order valence-electron chi connectivity index (χ1n) is 8.71. The summed E-state index contributed by atoms with van der Waals surface area (Å²) in [5.74, 6) is -0.814. The second kappa shape index (κ2) is 7.12. The van der Waals surface area contributed by atoms with Gasteiger partial charge in [-0.25, -0.2) is 12.8 Å². The summed E-state index contributed by atoms with van der Waals surface area (Å²) in [6.07, 6.45) is 2.88. The smallest absolute Gasteiger partial charge is 0.293 e. The molecule has 0 spiro atoms. The zero-order valence-corrected chi connectivity index (χ0v) is 15.6. The molecule has 0 radical (unpaired) electrons. The van der Waals surface area contributed by atoms with E-state index in [1.807, 2.05) is 0 Å². The molecule has 2 heterocycles. The van der Waals surface area contributed by atoms with Crippen LogP contribution < -0.4 is 9.62 Å². The van der Waals surface area contributed by atoms with E-state index in [-0.39, 0.29) is 11.7 Å². The number of nitrogens with zero attached hydrogens (tertiary/aromatic N) is 1. The Hall–Kier alpha value is -3.13. The van der Waals surface area contributed by atoms with Crippen LogP contribution in [0.1, 0.15) is 22.5 Å². The molecule has 1 amide bonds. The molecule has 0 unspecified atom stereocenters. The van der Waals surface area contributed by atoms with Gasteiger partial charge in [0.1, 0.15) is 10.7 Å². The van der Waals surface area contributed by atoms with E-state index in [4.69, 9.17) is 4.42 Å². The summed E-state index contributed by atoms with van der Waals surface area (Å²) in [5, 5.41) is 0. The summed E-state index contributed by atoms with van der Waals surface area (Å²) in [7, 11) is -4.06. The number of furan rings is 1. The lowest BCUT2D eigenvalue weighted by molar-refractivity contribution is 0.0958. The molecule has 0 aliphatic carbocycles. The first kappa shape index (κ1) is 18.2. The maximum atomic E-state index is 13.9. The van der Waals surface area contributed by atoms with Crippen molar-refractivity contribution in [2.24, 2.45) is 0 Å². The van der Waals surface area contributed by atoms with Crippen molar-refractivity contribution < 1.29 is 22.0 Å². The highest BCUT2D eigenvalue weighted by Gasteiger charge is 2.26. The van der Waals surface area contributed by atoms with Gasteiger partial charge in [0.2, 0.25) is 0 Å². The number of rotatable bonds is 4. The third-order valence-corrected chi connectivity index (χ3v) is 5.97. The number of hydrogen-bond acceptors (Lipinski definition) is 4. The van der Waals surface area contributed by atoms with Crippen LogP contribution in [0.15, 0.2) is 70.2 Å².